The summed E-state index contributed by atoms with van der Waals surface area (Å²) in [4.78, 5) is 12.7. The van der Waals surface area contributed by atoms with Gasteiger partial charge in [-0.1, -0.05) is 13.8 Å². The molecule has 1 aliphatic heterocycles. The highest BCUT2D eigenvalue weighted by molar-refractivity contribution is 7.89. The molecule has 1 N–H and O–H groups in total. The van der Waals surface area contributed by atoms with Gasteiger partial charge in [0.05, 0.1) is 11.5 Å². The van der Waals surface area contributed by atoms with Crippen molar-refractivity contribution in [1.29, 1.82) is 0 Å². The zero-order chi connectivity index (χ0) is 21.0. The number of piperidine rings is 1. The third-order valence-corrected chi connectivity index (χ3v) is 6.86. The third kappa shape index (κ3) is 5.16. The molecule has 0 bridgehead atoms. The molecule has 2 aromatic carbocycles. The first kappa shape index (κ1) is 21.3. The molecule has 0 radical (unpaired) electrons. The van der Waals surface area contributed by atoms with E-state index in [4.69, 9.17) is 4.74 Å². The van der Waals surface area contributed by atoms with E-state index in [0.717, 1.165) is 12.2 Å². The lowest BCUT2D eigenvalue weighted by Gasteiger charge is -2.34. The van der Waals surface area contributed by atoms with Gasteiger partial charge >= 0.3 is 0 Å². The number of hydrogen-bond donors (Lipinski definition) is 1. The maximum atomic E-state index is 12.9. The van der Waals surface area contributed by atoms with Crippen molar-refractivity contribution >= 4 is 21.6 Å². The molecule has 0 aromatic heterocycles. The molecule has 1 fully saturated rings. The number of anilines is 1. The van der Waals surface area contributed by atoms with Gasteiger partial charge < -0.3 is 10.1 Å². The van der Waals surface area contributed by atoms with Crippen LogP contribution in [0.4, 0.5) is 5.69 Å². The van der Waals surface area contributed by atoms with E-state index in [1.807, 2.05) is 6.92 Å². The van der Waals surface area contributed by atoms with Crippen molar-refractivity contribution < 1.29 is 17.9 Å². The number of ether oxygens (including phenoxy) is 1. The van der Waals surface area contributed by atoms with Gasteiger partial charge in [-0.15, -0.1) is 0 Å². The Bertz CT molecular complexity index is 930. The molecule has 6 nitrogen and oxygen atoms in total. The van der Waals surface area contributed by atoms with E-state index in [-0.39, 0.29) is 10.8 Å². The summed E-state index contributed by atoms with van der Waals surface area (Å²) in [5.74, 6) is 1.13. The lowest BCUT2D eigenvalue weighted by atomic mass is 9.94. The van der Waals surface area contributed by atoms with Crippen molar-refractivity contribution in [2.24, 2.45) is 11.8 Å². The zero-order valence-corrected chi connectivity index (χ0v) is 17.9. The largest absolute Gasteiger partial charge is 0.494 e. The van der Waals surface area contributed by atoms with Crippen molar-refractivity contribution in [3.63, 3.8) is 0 Å². The van der Waals surface area contributed by atoms with Gasteiger partial charge in [0, 0.05) is 24.3 Å². The molecule has 0 spiro atoms. The maximum Gasteiger partial charge on any atom is 0.255 e. The number of nitrogens with zero attached hydrogens (tertiary/aromatic N) is 1. The molecule has 156 valence electrons. The van der Waals surface area contributed by atoms with E-state index in [1.54, 1.807) is 40.7 Å². The van der Waals surface area contributed by atoms with Crippen molar-refractivity contribution in [2.75, 3.05) is 25.0 Å². The summed E-state index contributed by atoms with van der Waals surface area (Å²) < 4.78 is 32.8. The molecule has 0 saturated carbocycles. The molecule has 7 heteroatoms. The van der Waals surface area contributed by atoms with Gasteiger partial charge in [-0.2, -0.15) is 4.31 Å². The molecular formula is C22H28N2O4S. The smallest absolute Gasteiger partial charge is 0.255 e. The number of rotatable bonds is 6. The summed E-state index contributed by atoms with van der Waals surface area (Å²) in [6, 6.07) is 13.2. The number of nitrogens with one attached hydrogen (secondary N) is 1. The molecule has 1 saturated heterocycles. The molecule has 1 heterocycles. The Morgan fingerprint density at radius 2 is 1.62 bits per heavy atom. The second-order valence-corrected chi connectivity index (χ2v) is 9.64. The Morgan fingerprint density at radius 3 is 2.17 bits per heavy atom. The summed E-state index contributed by atoms with van der Waals surface area (Å²) in [5.41, 5.74) is 1.05. The number of amides is 1. The van der Waals surface area contributed by atoms with E-state index in [0.29, 0.717) is 42.8 Å². The highest BCUT2D eigenvalue weighted by Gasteiger charge is 2.31. The van der Waals surface area contributed by atoms with Gasteiger partial charge in [0.2, 0.25) is 10.0 Å². The van der Waals surface area contributed by atoms with Gasteiger partial charge in [-0.3, -0.25) is 4.79 Å². The molecular weight excluding hydrogens is 388 g/mol. The second kappa shape index (κ2) is 8.97. The van der Waals surface area contributed by atoms with Crippen LogP contribution in [-0.2, 0) is 10.0 Å². The van der Waals surface area contributed by atoms with Crippen molar-refractivity contribution in [3.8, 4) is 5.75 Å². The summed E-state index contributed by atoms with van der Waals surface area (Å²) in [7, 11) is -3.55. The van der Waals surface area contributed by atoms with Crippen LogP contribution in [0.3, 0.4) is 0 Å². The number of sulfonamides is 1. The minimum absolute atomic E-state index is 0.219. The van der Waals surface area contributed by atoms with E-state index in [9.17, 15) is 13.2 Å². The summed E-state index contributed by atoms with van der Waals surface area (Å²) in [5, 5.41) is 2.81. The predicted molar refractivity (Wildman–Crippen MR) is 114 cm³/mol. The summed E-state index contributed by atoms with van der Waals surface area (Å²) in [6.07, 6.45) is 1.04. The van der Waals surface area contributed by atoms with Crippen LogP contribution in [0.5, 0.6) is 5.75 Å². The summed E-state index contributed by atoms with van der Waals surface area (Å²) >= 11 is 0. The van der Waals surface area contributed by atoms with Crippen LogP contribution in [0.15, 0.2) is 53.4 Å². The monoisotopic (exact) mass is 416 g/mol. The van der Waals surface area contributed by atoms with E-state index in [2.05, 4.69) is 19.2 Å². The van der Waals surface area contributed by atoms with Gasteiger partial charge in [0.1, 0.15) is 5.75 Å². The second-order valence-electron chi connectivity index (χ2n) is 7.70. The maximum absolute atomic E-state index is 12.9. The molecule has 1 aliphatic rings. The van der Waals surface area contributed by atoms with Crippen LogP contribution in [0.2, 0.25) is 0 Å². The van der Waals surface area contributed by atoms with E-state index < -0.39 is 10.0 Å². The van der Waals surface area contributed by atoms with E-state index in [1.165, 1.54) is 12.1 Å². The fraction of sp³-hybridized carbons (Fsp3) is 0.409. The Morgan fingerprint density at radius 1 is 1.03 bits per heavy atom. The quantitative estimate of drug-likeness (QED) is 0.772. The number of carbonyl (C=O) groups is 1. The zero-order valence-electron chi connectivity index (χ0n) is 17.1. The van der Waals surface area contributed by atoms with Crippen molar-refractivity contribution in [3.05, 3.63) is 54.1 Å². The van der Waals surface area contributed by atoms with Crippen molar-refractivity contribution in [1.82, 2.24) is 4.31 Å². The molecule has 1 amide bonds. The predicted octanol–water partition coefficient (Wildman–Crippen LogP) is 4.00. The molecule has 2 aromatic rings. The topological polar surface area (TPSA) is 75.7 Å². The Labute approximate surface area is 172 Å². The highest BCUT2D eigenvalue weighted by atomic mass is 32.2. The first-order valence-corrected chi connectivity index (χ1v) is 11.4. The molecule has 2 atom stereocenters. The SMILES string of the molecule is CCOc1ccc(NC(=O)c2ccc(S(=O)(=O)N3C[C@H](C)C[C@H](C)C3)cc2)cc1. The normalized spacial score (nSPS) is 20.2. The fourth-order valence-corrected chi connectivity index (χ4v) is 5.41. The lowest BCUT2D eigenvalue weighted by molar-refractivity contribution is 0.102. The van der Waals surface area contributed by atoms with Crippen LogP contribution < -0.4 is 10.1 Å². The minimum atomic E-state index is -3.55. The van der Waals surface area contributed by atoms with Crippen LogP contribution >= 0.6 is 0 Å². The number of benzene rings is 2. The average molecular weight is 417 g/mol. The van der Waals surface area contributed by atoms with Crippen LogP contribution in [0, 0.1) is 11.8 Å². The third-order valence-electron chi connectivity index (χ3n) is 5.01. The molecule has 0 aliphatic carbocycles. The van der Waals surface area contributed by atoms with Gasteiger partial charge in [0.25, 0.3) is 5.91 Å². The molecule has 29 heavy (non-hydrogen) atoms. The van der Waals surface area contributed by atoms with Gasteiger partial charge in [0.15, 0.2) is 0 Å². The Kier molecular flexibility index (Phi) is 6.59. The first-order valence-electron chi connectivity index (χ1n) is 9.94. The minimum Gasteiger partial charge on any atom is -0.494 e. The number of carbonyl (C=O) groups excluding carboxylic acids is 1. The Balaban J connectivity index is 1.69. The Hall–Kier alpha value is -2.38. The lowest BCUT2D eigenvalue weighted by Crippen LogP contribution is -2.42. The van der Waals surface area contributed by atoms with Crippen LogP contribution in [0.1, 0.15) is 37.6 Å². The highest BCUT2D eigenvalue weighted by Crippen LogP contribution is 2.27. The van der Waals surface area contributed by atoms with E-state index >= 15 is 0 Å². The standard InChI is InChI=1S/C22H28N2O4S/c1-4-28-20-9-7-19(8-10-20)23-22(25)18-5-11-21(12-6-18)29(26,27)24-14-16(2)13-17(3)15-24/h5-12,16-17H,4,13-15H2,1-3H3,(H,23,25)/t16-,17+. The van der Waals surface area contributed by atoms with Crippen LogP contribution in [0.25, 0.3) is 0 Å². The van der Waals surface area contributed by atoms with Gasteiger partial charge in [-0.25, -0.2) is 8.42 Å². The molecule has 0 unspecified atom stereocenters. The number of hydrogen-bond acceptors (Lipinski definition) is 4. The molecule has 3 rings (SSSR count). The first-order chi connectivity index (χ1) is 13.8. The summed E-state index contributed by atoms with van der Waals surface area (Å²) in [6.45, 7) is 7.71. The fourth-order valence-electron chi connectivity index (χ4n) is 3.73. The average Bonchev–Trinajstić information content (AvgIpc) is 2.69. The van der Waals surface area contributed by atoms with Crippen LogP contribution in [-0.4, -0.2) is 38.3 Å². The van der Waals surface area contributed by atoms with Gasteiger partial charge in [-0.05, 0) is 73.7 Å². The van der Waals surface area contributed by atoms with Crippen molar-refractivity contribution in [2.45, 2.75) is 32.1 Å².